The van der Waals surface area contributed by atoms with E-state index in [9.17, 15) is 26.0 Å². The van der Waals surface area contributed by atoms with Gasteiger partial charge in [-0.05, 0) is 29.8 Å². The highest BCUT2D eigenvalue weighted by atomic mass is 32.2. The summed E-state index contributed by atoms with van der Waals surface area (Å²) in [6.45, 7) is 0. The quantitative estimate of drug-likeness (QED) is 0.747. The summed E-state index contributed by atoms with van der Waals surface area (Å²) in [6, 6.07) is 6.78. The third kappa shape index (κ3) is 3.12. The summed E-state index contributed by atoms with van der Waals surface area (Å²) in [7, 11) is -3.87. The van der Waals surface area contributed by atoms with Crippen molar-refractivity contribution in [3.05, 3.63) is 52.8 Å². The lowest BCUT2D eigenvalue weighted by atomic mass is 10.1. The van der Waals surface area contributed by atoms with Crippen molar-refractivity contribution in [1.29, 1.82) is 5.26 Å². The van der Waals surface area contributed by atoms with Gasteiger partial charge in [0, 0.05) is 24.3 Å². The zero-order chi connectivity index (χ0) is 19.3. The van der Waals surface area contributed by atoms with E-state index in [2.05, 4.69) is 0 Å². The first kappa shape index (κ1) is 18.2. The first-order valence-electron chi connectivity index (χ1n) is 7.29. The van der Waals surface area contributed by atoms with Gasteiger partial charge in [-0.2, -0.15) is 5.26 Å². The molecule has 1 aliphatic carbocycles. The SMILES string of the molecule is CS(=O)(=O)c1ccc(Oc2cc(F)cc(C#N)c2)c2c1CC(F)(F)[C@@H]2F. The molecule has 0 aliphatic heterocycles. The molecule has 136 valence electrons. The van der Waals surface area contributed by atoms with Crippen molar-refractivity contribution in [2.45, 2.75) is 23.4 Å². The molecular formula is C17H11F4NO3S. The summed E-state index contributed by atoms with van der Waals surface area (Å²) < 4.78 is 84.5. The van der Waals surface area contributed by atoms with Gasteiger partial charge in [0.05, 0.1) is 16.5 Å². The molecule has 2 aromatic carbocycles. The van der Waals surface area contributed by atoms with Crippen molar-refractivity contribution < 1.29 is 30.7 Å². The average Bonchev–Trinajstić information content (AvgIpc) is 2.76. The van der Waals surface area contributed by atoms with Crippen LogP contribution in [-0.2, 0) is 16.3 Å². The Balaban J connectivity index is 2.15. The minimum absolute atomic E-state index is 0.0773. The molecule has 2 aromatic rings. The van der Waals surface area contributed by atoms with E-state index < -0.39 is 44.6 Å². The standard InChI is InChI=1S/C17H11F4NO3S/c1-26(23,24)14-3-2-13(15-12(14)7-17(20,21)16(15)19)25-11-5-9(8-22)4-10(18)6-11/h2-6,16H,7H2,1H3/t16-/m1/s1. The van der Waals surface area contributed by atoms with Crippen LogP contribution in [0.4, 0.5) is 17.6 Å². The van der Waals surface area contributed by atoms with E-state index in [0.717, 1.165) is 36.6 Å². The van der Waals surface area contributed by atoms with Gasteiger partial charge in [0.25, 0.3) is 5.92 Å². The van der Waals surface area contributed by atoms with E-state index in [1.54, 1.807) is 6.07 Å². The summed E-state index contributed by atoms with van der Waals surface area (Å²) in [5, 5.41) is 8.85. The van der Waals surface area contributed by atoms with Crippen LogP contribution in [0.15, 0.2) is 35.2 Å². The van der Waals surface area contributed by atoms with Crippen LogP contribution in [0, 0.1) is 17.1 Å². The number of hydrogen-bond acceptors (Lipinski definition) is 4. The highest BCUT2D eigenvalue weighted by Crippen LogP contribution is 2.51. The zero-order valence-corrected chi connectivity index (χ0v) is 14.1. The number of nitrogens with zero attached hydrogens (tertiary/aromatic N) is 1. The normalized spacial score (nSPS) is 18.2. The number of hydrogen-bond donors (Lipinski definition) is 0. The van der Waals surface area contributed by atoms with Gasteiger partial charge < -0.3 is 4.74 Å². The summed E-state index contributed by atoms with van der Waals surface area (Å²) in [5.41, 5.74) is -1.02. The lowest BCUT2D eigenvalue weighted by Crippen LogP contribution is -2.18. The monoisotopic (exact) mass is 385 g/mol. The molecule has 0 aromatic heterocycles. The maximum atomic E-state index is 14.3. The molecule has 0 radical (unpaired) electrons. The predicted octanol–water partition coefficient (Wildman–Crippen LogP) is 4.10. The molecule has 1 atom stereocenters. The van der Waals surface area contributed by atoms with E-state index in [-0.39, 0.29) is 22.6 Å². The molecule has 0 amide bonds. The number of nitriles is 1. The lowest BCUT2D eigenvalue weighted by molar-refractivity contribution is -0.0607. The van der Waals surface area contributed by atoms with Gasteiger partial charge in [-0.3, -0.25) is 0 Å². The molecule has 0 fully saturated rings. The topological polar surface area (TPSA) is 67.2 Å². The second kappa shape index (κ2) is 5.99. The Bertz CT molecular complexity index is 1040. The van der Waals surface area contributed by atoms with Crippen molar-refractivity contribution >= 4 is 9.84 Å². The van der Waals surface area contributed by atoms with Crippen molar-refractivity contribution in [3.8, 4) is 17.6 Å². The molecule has 0 heterocycles. The number of rotatable bonds is 3. The van der Waals surface area contributed by atoms with Crippen molar-refractivity contribution in [2.75, 3.05) is 6.26 Å². The van der Waals surface area contributed by atoms with Crippen LogP contribution in [0.2, 0.25) is 0 Å². The first-order chi connectivity index (χ1) is 12.0. The van der Waals surface area contributed by atoms with E-state index in [1.165, 1.54) is 0 Å². The Morgan fingerprint density at radius 3 is 2.58 bits per heavy atom. The van der Waals surface area contributed by atoms with E-state index in [0.29, 0.717) is 0 Å². The van der Waals surface area contributed by atoms with Crippen LogP contribution in [0.25, 0.3) is 0 Å². The lowest BCUT2D eigenvalue weighted by Gasteiger charge is -2.15. The Morgan fingerprint density at radius 2 is 1.96 bits per heavy atom. The Hall–Kier alpha value is -2.60. The van der Waals surface area contributed by atoms with Crippen molar-refractivity contribution in [2.24, 2.45) is 0 Å². The molecule has 0 saturated carbocycles. The van der Waals surface area contributed by atoms with Gasteiger partial charge in [0.2, 0.25) is 0 Å². The highest BCUT2D eigenvalue weighted by Gasteiger charge is 2.51. The van der Waals surface area contributed by atoms with Crippen LogP contribution in [0.5, 0.6) is 11.5 Å². The second-order valence-corrected chi connectivity index (χ2v) is 7.90. The zero-order valence-electron chi connectivity index (χ0n) is 13.3. The Labute approximate surface area is 146 Å². The van der Waals surface area contributed by atoms with Gasteiger partial charge in [0.1, 0.15) is 17.3 Å². The van der Waals surface area contributed by atoms with Crippen molar-refractivity contribution in [3.63, 3.8) is 0 Å². The fraction of sp³-hybridized carbons (Fsp3) is 0.235. The number of benzene rings is 2. The van der Waals surface area contributed by atoms with Crippen LogP contribution in [0.1, 0.15) is 22.9 Å². The van der Waals surface area contributed by atoms with Gasteiger partial charge in [-0.15, -0.1) is 0 Å². The van der Waals surface area contributed by atoms with E-state index >= 15 is 0 Å². The third-order valence-electron chi connectivity index (χ3n) is 3.94. The first-order valence-corrected chi connectivity index (χ1v) is 9.18. The van der Waals surface area contributed by atoms with Crippen LogP contribution in [-0.4, -0.2) is 20.6 Å². The molecule has 0 spiro atoms. The van der Waals surface area contributed by atoms with E-state index in [4.69, 9.17) is 10.00 Å². The van der Waals surface area contributed by atoms with Crippen molar-refractivity contribution in [1.82, 2.24) is 0 Å². The molecule has 3 rings (SSSR count). The summed E-state index contributed by atoms with van der Waals surface area (Å²) >= 11 is 0. The predicted molar refractivity (Wildman–Crippen MR) is 83.2 cm³/mol. The van der Waals surface area contributed by atoms with Gasteiger partial charge in [0.15, 0.2) is 16.0 Å². The fourth-order valence-corrected chi connectivity index (χ4v) is 3.81. The summed E-state index contributed by atoms with van der Waals surface area (Å²) in [5.74, 6) is -5.14. The molecule has 1 aliphatic rings. The highest BCUT2D eigenvalue weighted by molar-refractivity contribution is 7.90. The molecular weight excluding hydrogens is 374 g/mol. The molecule has 0 N–H and O–H groups in total. The van der Waals surface area contributed by atoms with Crippen LogP contribution >= 0.6 is 0 Å². The Kier molecular flexibility index (Phi) is 4.19. The van der Waals surface area contributed by atoms with E-state index in [1.807, 2.05) is 0 Å². The molecule has 0 saturated heterocycles. The maximum Gasteiger partial charge on any atom is 0.287 e. The summed E-state index contributed by atoms with van der Waals surface area (Å²) in [4.78, 5) is -0.406. The number of sulfone groups is 1. The minimum Gasteiger partial charge on any atom is -0.457 e. The van der Waals surface area contributed by atoms with Gasteiger partial charge in [-0.25, -0.2) is 26.0 Å². The molecule has 26 heavy (non-hydrogen) atoms. The number of fused-ring (bicyclic) bond motifs is 1. The molecule has 9 heteroatoms. The van der Waals surface area contributed by atoms with Crippen LogP contribution < -0.4 is 4.74 Å². The molecule has 0 bridgehead atoms. The summed E-state index contributed by atoms with van der Waals surface area (Å²) in [6.07, 6.45) is -3.02. The largest absolute Gasteiger partial charge is 0.457 e. The average molecular weight is 385 g/mol. The van der Waals surface area contributed by atoms with Crippen LogP contribution in [0.3, 0.4) is 0 Å². The smallest absolute Gasteiger partial charge is 0.287 e. The fourth-order valence-electron chi connectivity index (χ4n) is 2.87. The molecule has 4 nitrogen and oxygen atoms in total. The minimum atomic E-state index is -3.87. The number of alkyl halides is 3. The number of ether oxygens (including phenoxy) is 1. The third-order valence-corrected chi connectivity index (χ3v) is 5.12. The number of halogens is 4. The second-order valence-electron chi connectivity index (χ2n) is 5.92. The Morgan fingerprint density at radius 1 is 1.27 bits per heavy atom. The van der Waals surface area contributed by atoms with Gasteiger partial charge in [-0.1, -0.05) is 0 Å². The molecule has 0 unspecified atom stereocenters. The van der Waals surface area contributed by atoms with Gasteiger partial charge >= 0.3 is 0 Å². The maximum absolute atomic E-state index is 14.3.